The van der Waals surface area contributed by atoms with Crippen LogP contribution in [0.5, 0.6) is 0 Å². The summed E-state index contributed by atoms with van der Waals surface area (Å²) in [7, 11) is 3.76. The van der Waals surface area contributed by atoms with Crippen LogP contribution in [0.25, 0.3) is 0 Å². The van der Waals surface area contributed by atoms with Crippen LogP contribution in [0.15, 0.2) is 11.9 Å². The molecule has 0 aromatic rings. The summed E-state index contributed by atoms with van der Waals surface area (Å²) in [6.07, 6.45) is -0.0825. The standard InChI is InChI=1S/C17H31FN8O2/c1-25-8-21-5-11(25)13-10(4-20-6-12(13)28-2)23-17(27)14-15(19)24-26-7-9(18)3-22-16(14)26/h4,9,11-16,20-22,24H,3,5-8,19H2,1-2H3,(H,23,27). The van der Waals surface area contributed by atoms with Gasteiger partial charge in [-0.1, -0.05) is 0 Å². The predicted molar refractivity (Wildman–Crippen MR) is 101 cm³/mol. The van der Waals surface area contributed by atoms with Crippen molar-refractivity contribution in [3.8, 4) is 0 Å². The normalized spacial score (nSPS) is 42.0. The largest absolute Gasteiger partial charge is 0.387 e. The first kappa shape index (κ1) is 20.0. The highest BCUT2D eigenvalue weighted by molar-refractivity contribution is 5.82. The van der Waals surface area contributed by atoms with E-state index in [1.807, 2.05) is 6.20 Å². The quantitative estimate of drug-likeness (QED) is 0.295. The van der Waals surface area contributed by atoms with Crippen molar-refractivity contribution in [1.82, 2.24) is 36.6 Å². The monoisotopic (exact) mass is 398 g/mol. The summed E-state index contributed by atoms with van der Waals surface area (Å²) in [5.74, 6) is -0.691. The van der Waals surface area contributed by atoms with E-state index in [1.165, 1.54) is 0 Å². The van der Waals surface area contributed by atoms with Gasteiger partial charge in [0.2, 0.25) is 5.91 Å². The van der Waals surface area contributed by atoms with Gasteiger partial charge in [-0.3, -0.25) is 15.0 Å². The molecule has 158 valence electrons. The second-order valence-corrected chi connectivity index (χ2v) is 8.02. The van der Waals surface area contributed by atoms with Gasteiger partial charge in [-0.25, -0.2) is 14.8 Å². The zero-order valence-electron chi connectivity index (χ0n) is 16.3. The Morgan fingerprint density at radius 2 is 2.21 bits per heavy atom. The van der Waals surface area contributed by atoms with Gasteiger partial charge in [-0.05, 0) is 7.05 Å². The Bertz CT molecular complexity index is 622. The van der Waals surface area contributed by atoms with E-state index in [9.17, 15) is 9.18 Å². The highest BCUT2D eigenvalue weighted by Gasteiger charge is 2.48. The van der Waals surface area contributed by atoms with Crippen LogP contribution < -0.4 is 32.4 Å². The lowest BCUT2D eigenvalue weighted by atomic mass is 9.87. The maximum absolute atomic E-state index is 13.7. The minimum absolute atomic E-state index is 0.0198. The topological polar surface area (TPSA) is 119 Å². The minimum Gasteiger partial charge on any atom is -0.387 e. The number of nitrogens with zero attached hydrogens (tertiary/aromatic N) is 2. The smallest absolute Gasteiger partial charge is 0.233 e. The van der Waals surface area contributed by atoms with Crippen LogP contribution in [0, 0.1) is 11.8 Å². The van der Waals surface area contributed by atoms with Crippen molar-refractivity contribution in [1.29, 1.82) is 0 Å². The lowest BCUT2D eigenvalue weighted by Crippen LogP contribution is -2.59. The molecular weight excluding hydrogens is 367 g/mol. The highest BCUT2D eigenvalue weighted by Crippen LogP contribution is 2.28. The van der Waals surface area contributed by atoms with Crippen LogP contribution >= 0.6 is 0 Å². The van der Waals surface area contributed by atoms with Crippen molar-refractivity contribution in [2.45, 2.75) is 30.6 Å². The number of nitrogens with two attached hydrogens (primary N) is 1. The van der Waals surface area contributed by atoms with Gasteiger partial charge in [0.05, 0.1) is 24.4 Å². The maximum Gasteiger partial charge on any atom is 0.233 e. The van der Waals surface area contributed by atoms with Crippen molar-refractivity contribution < 1.29 is 13.9 Å². The number of fused-ring (bicyclic) bond motifs is 1. The molecule has 1 amide bonds. The molecule has 3 fully saturated rings. The number of amides is 1. The van der Waals surface area contributed by atoms with E-state index < -0.39 is 18.3 Å². The molecule has 11 heteroatoms. The van der Waals surface area contributed by atoms with Gasteiger partial charge < -0.3 is 26.4 Å². The van der Waals surface area contributed by atoms with Gasteiger partial charge >= 0.3 is 0 Å². The number of hydrogen-bond acceptors (Lipinski definition) is 9. The summed E-state index contributed by atoms with van der Waals surface area (Å²) in [4.78, 5) is 15.4. The van der Waals surface area contributed by atoms with Crippen molar-refractivity contribution in [3.05, 3.63) is 11.9 Å². The van der Waals surface area contributed by atoms with E-state index in [4.69, 9.17) is 10.5 Å². The van der Waals surface area contributed by atoms with Gasteiger partial charge in [-0.2, -0.15) is 0 Å². The molecule has 0 aliphatic carbocycles. The highest BCUT2D eigenvalue weighted by atomic mass is 19.1. The molecule has 28 heavy (non-hydrogen) atoms. The van der Waals surface area contributed by atoms with Crippen LogP contribution in [0.2, 0.25) is 0 Å². The Hall–Kier alpha value is -1.34. The summed E-state index contributed by atoms with van der Waals surface area (Å²) in [6.45, 7) is 2.75. The minimum atomic E-state index is -0.986. The van der Waals surface area contributed by atoms with E-state index in [0.29, 0.717) is 6.54 Å². The maximum atomic E-state index is 13.7. The van der Waals surface area contributed by atoms with Gasteiger partial charge in [0.15, 0.2) is 0 Å². The summed E-state index contributed by atoms with van der Waals surface area (Å²) in [5, 5.41) is 14.5. The summed E-state index contributed by atoms with van der Waals surface area (Å²) in [6, 6.07) is 0.213. The van der Waals surface area contributed by atoms with Crippen LogP contribution in [0.1, 0.15) is 0 Å². The van der Waals surface area contributed by atoms with E-state index in [1.54, 1.807) is 12.1 Å². The second-order valence-electron chi connectivity index (χ2n) is 8.02. The Labute approximate surface area is 164 Å². The summed E-state index contributed by atoms with van der Waals surface area (Å²) in [5.41, 5.74) is 9.99. The number of alkyl halides is 1. The van der Waals surface area contributed by atoms with Crippen LogP contribution in [0.3, 0.4) is 0 Å². The first-order valence-corrected chi connectivity index (χ1v) is 9.83. The molecule has 0 spiro atoms. The van der Waals surface area contributed by atoms with E-state index in [-0.39, 0.29) is 43.2 Å². The lowest BCUT2D eigenvalue weighted by molar-refractivity contribution is -0.126. The molecule has 10 nitrogen and oxygen atoms in total. The van der Waals surface area contributed by atoms with Crippen LogP contribution in [0.4, 0.5) is 4.39 Å². The van der Waals surface area contributed by atoms with Gasteiger partial charge in [0, 0.05) is 63.8 Å². The summed E-state index contributed by atoms with van der Waals surface area (Å²) < 4.78 is 19.4. The molecule has 7 atom stereocenters. The third-order valence-electron chi connectivity index (χ3n) is 6.23. The Morgan fingerprint density at radius 3 is 2.93 bits per heavy atom. The number of methoxy groups -OCH3 is 1. The number of ether oxygens (including phenoxy) is 1. The second kappa shape index (κ2) is 8.19. The molecule has 0 bridgehead atoms. The van der Waals surface area contributed by atoms with E-state index >= 15 is 0 Å². The number of nitrogens with one attached hydrogen (secondary N) is 5. The number of hydrogen-bond donors (Lipinski definition) is 6. The van der Waals surface area contributed by atoms with Gasteiger partial charge in [0.25, 0.3) is 0 Å². The van der Waals surface area contributed by atoms with Crippen LogP contribution in [-0.4, -0.2) is 93.5 Å². The number of hydrazine groups is 1. The number of carbonyl (C=O) groups is 1. The molecule has 4 heterocycles. The fourth-order valence-corrected chi connectivity index (χ4v) is 4.78. The fraction of sp³-hybridized carbons (Fsp3) is 0.824. The molecule has 7 N–H and O–H groups in total. The number of halogens is 1. The Balaban J connectivity index is 1.50. The number of carbonyl (C=O) groups excluding carboxylic acids is 1. The van der Waals surface area contributed by atoms with E-state index in [0.717, 1.165) is 18.9 Å². The third-order valence-corrected chi connectivity index (χ3v) is 6.23. The van der Waals surface area contributed by atoms with Crippen molar-refractivity contribution in [3.63, 3.8) is 0 Å². The first-order chi connectivity index (χ1) is 13.5. The zero-order chi connectivity index (χ0) is 19.8. The van der Waals surface area contributed by atoms with E-state index in [2.05, 4.69) is 38.6 Å². The van der Waals surface area contributed by atoms with Crippen molar-refractivity contribution >= 4 is 5.91 Å². The fourth-order valence-electron chi connectivity index (χ4n) is 4.78. The molecule has 4 rings (SSSR count). The Kier molecular flexibility index (Phi) is 5.83. The molecule has 4 aliphatic heterocycles. The molecule has 0 aromatic carbocycles. The van der Waals surface area contributed by atoms with Crippen molar-refractivity contribution in [2.75, 3.05) is 47.0 Å². The average molecular weight is 398 g/mol. The third kappa shape index (κ3) is 3.63. The molecule has 0 aromatic heterocycles. The predicted octanol–water partition coefficient (Wildman–Crippen LogP) is -2.97. The molecule has 0 saturated carbocycles. The lowest BCUT2D eigenvalue weighted by Gasteiger charge is -2.39. The van der Waals surface area contributed by atoms with Crippen molar-refractivity contribution in [2.24, 2.45) is 17.6 Å². The zero-order valence-corrected chi connectivity index (χ0v) is 16.3. The molecule has 0 radical (unpaired) electrons. The Morgan fingerprint density at radius 1 is 1.39 bits per heavy atom. The molecule has 7 unspecified atom stereocenters. The average Bonchev–Trinajstić information content (AvgIpc) is 3.23. The van der Waals surface area contributed by atoms with Gasteiger partial charge in [0.1, 0.15) is 6.17 Å². The van der Waals surface area contributed by atoms with Crippen LogP contribution in [-0.2, 0) is 9.53 Å². The molecule has 4 aliphatic rings. The SMILES string of the molecule is COC1CNC=C(NC(=O)C2C(N)NN3CC(F)CNC23)C1C1CNCN1C. The number of likely N-dealkylation sites (N-methyl/N-ethyl adjacent to an activating group) is 1. The molecule has 3 saturated heterocycles. The summed E-state index contributed by atoms with van der Waals surface area (Å²) >= 11 is 0. The molecular formula is C17H31FN8O2. The first-order valence-electron chi connectivity index (χ1n) is 9.83. The van der Waals surface area contributed by atoms with Gasteiger partial charge in [-0.15, -0.1) is 0 Å². The number of rotatable bonds is 4.